The average molecular weight is 485 g/mol. The van der Waals surface area contributed by atoms with Crippen molar-refractivity contribution in [3.05, 3.63) is 65.1 Å². The molecule has 4 rings (SSSR count). The number of benzene rings is 2. The standard InChI is InChI=1S/C25H29FN4O5/c1-33-20-9-4-16(14-21(20)34-2)23-22(24(31)35-3)19(27-25(32)28-23)15-29-10-12-30(13-11-29)18-7-5-17(26)6-8-18/h4-9,14,23H,10-13,15H2,1-3H3,(H2,27,28,32). The average Bonchev–Trinajstić information content (AvgIpc) is 2.88. The molecule has 0 bridgehead atoms. The number of rotatable bonds is 7. The van der Waals surface area contributed by atoms with Gasteiger partial charge in [-0.15, -0.1) is 0 Å². The van der Waals surface area contributed by atoms with Crippen LogP contribution >= 0.6 is 0 Å². The lowest BCUT2D eigenvalue weighted by Crippen LogP contribution is -2.51. The summed E-state index contributed by atoms with van der Waals surface area (Å²) in [6, 6.07) is 10.6. The fourth-order valence-corrected chi connectivity index (χ4v) is 4.42. The molecule has 35 heavy (non-hydrogen) atoms. The van der Waals surface area contributed by atoms with Crippen LogP contribution in [0.5, 0.6) is 11.5 Å². The van der Waals surface area contributed by atoms with Crippen molar-refractivity contribution in [2.24, 2.45) is 0 Å². The number of hydrogen-bond acceptors (Lipinski definition) is 7. The van der Waals surface area contributed by atoms with Gasteiger partial charge in [0.15, 0.2) is 11.5 Å². The second kappa shape index (κ2) is 10.6. The molecular weight excluding hydrogens is 455 g/mol. The summed E-state index contributed by atoms with van der Waals surface area (Å²) < 4.78 is 29.0. The Morgan fingerprint density at radius 3 is 2.31 bits per heavy atom. The fraction of sp³-hybridized carbons (Fsp3) is 0.360. The summed E-state index contributed by atoms with van der Waals surface area (Å²) in [5.74, 6) is 0.234. The molecule has 0 spiro atoms. The molecule has 2 amide bonds. The van der Waals surface area contributed by atoms with E-state index in [9.17, 15) is 14.0 Å². The van der Waals surface area contributed by atoms with Gasteiger partial charge in [0.2, 0.25) is 0 Å². The van der Waals surface area contributed by atoms with Crippen LogP contribution in [0, 0.1) is 5.82 Å². The molecule has 0 saturated carbocycles. The monoisotopic (exact) mass is 484 g/mol. The van der Waals surface area contributed by atoms with Crippen molar-refractivity contribution in [2.45, 2.75) is 6.04 Å². The smallest absolute Gasteiger partial charge is 0.338 e. The van der Waals surface area contributed by atoms with E-state index in [4.69, 9.17) is 14.2 Å². The van der Waals surface area contributed by atoms with Gasteiger partial charge in [0, 0.05) is 44.1 Å². The Labute approximate surface area is 203 Å². The van der Waals surface area contributed by atoms with Gasteiger partial charge in [-0.25, -0.2) is 14.0 Å². The highest BCUT2D eigenvalue weighted by Gasteiger charge is 2.35. The number of piperazine rings is 1. The van der Waals surface area contributed by atoms with Crippen molar-refractivity contribution in [1.29, 1.82) is 0 Å². The molecule has 1 atom stereocenters. The first-order chi connectivity index (χ1) is 16.9. The molecular formula is C25H29FN4O5. The number of hydrogen-bond donors (Lipinski definition) is 2. The number of amides is 2. The molecule has 2 heterocycles. The Hall–Kier alpha value is -3.79. The van der Waals surface area contributed by atoms with E-state index in [1.807, 2.05) is 0 Å². The van der Waals surface area contributed by atoms with Gasteiger partial charge in [-0.3, -0.25) is 4.90 Å². The van der Waals surface area contributed by atoms with Gasteiger partial charge in [0.05, 0.1) is 32.9 Å². The van der Waals surface area contributed by atoms with Gasteiger partial charge >= 0.3 is 12.0 Å². The van der Waals surface area contributed by atoms with E-state index in [-0.39, 0.29) is 5.82 Å². The Morgan fingerprint density at radius 2 is 1.69 bits per heavy atom. The van der Waals surface area contributed by atoms with Crippen LogP contribution in [0.1, 0.15) is 11.6 Å². The molecule has 0 radical (unpaired) electrons. The van der Waals surface area contributed by atoms with Gasteiger partial charge in [-0.2, -0.15) is 0 Å². The predicted octanol–water partition coefficient (Wildman–Crippen LogP) is 2.45. The third-order valence-corrected chi connectivity index (χ3v) is 6.25. The van der Waals surface area contributed by atoms with Gasteiger partial charge < -0.3 is 29.7 Å². The van der Waals surface area contributed by atoms with Crippen molar-refractivity contribution in [3.8, 4) is 11.5 Å². The minimum absolute atomic E-state index is 0.264. The summed E-state index contributed by atoms with van der Waals surface area (Å²) in [4.78, 5) is 29.8. The van der Waals surface area contributed by atoms with E-state index >= 15 is 0 Å². The van der Waals surface area contributed by atoms with E-state index < -0.39 is 18.0 Å². The summed E-state index contributed by atoms with van der Waals surface area (Å²) >= 11 is 0. The van der Waals surface area contributed by atoms with Crippen LogP contribution in [0.15, 0.2) is 53.7 Å². The number of anilines is 1. The topological polar surface area (TPSA) is 92.4 Å². The lowest BCUT2D eigenvalue weighted by atomic mass is 9.94. The predicted molar refractivity (Wildman–Crippen MR) is 128 cm³/mol. The minimum atomic E-state index is -0.716. The molecule has 1 fully saturated rings. The van der Waals surface area contributed by atoms with E-state index in [0.717, 1.165) is 18.8 Å². The van der Waals surface area contributed by atoms with E-state index in [0.29, 0.717) is 48.0 Å². The zero-order valence-electron chi connectivity index (χ0n) is 20.0. The minimum Gasteiger partial charge on any atom is -0.493 e. The second-order valence-corrected chi connectivity index (χ2v) is 8.27. The van der Waals surface area contributed by atoms with E-state index in [2.05, 4.69) is 20.4 Å². The van der Waals surface area contributed by atoms with Crippen molar-refractivity contribution in [3.63, 3.8) is 0 Å². The largest absolute Gasteiger partial charge is 0.493 e. The first-order valence-corrected chi connectivity index (χ1v) is 11.3. The molecule has 2 N–H and O–H groups in total. The number of methoxy groups -OCH3 is 3. The third-order valence-electron chi connectivity index (χ3n) is 6.25. The van der Waals surface area contributed by atoms with Gasteiger partial charge in [0.25, 0.3) is 0 Å². The maximum absolute atomic E-state index is 13.3. The van der Waals surface area contributed by atoms with Crippen LogP contribution in [-0.2, 0) is 9.53 Å². The first kappa shape index (κ1) is 24.3. The molecule has 2 aliphatic heterocycles. The Bertz CT molecular complexity index is 1110. The van der Waals surface area contributed by atoms with Crippen LogP contribution < -0.4 is 25.0 Å². The number of carbonyl (C=O) groups is 2. The van der Waals surface area contributed by atoms with Crippen molar-refractivity contribution >= 4 is 17.7 Å². The van der Waals surface area contributed by atoms with Crippen molar-refractivity contribution in [1.82, 2.24) is 15.5 Å². The third kappa shape index (κ3) is 5.32. The molecule has 186 valence electrons. The quantitative estimate of drug-likeness (QED) is 0.584. The molecule has 2 aliphatic rings. The van der Waals surface area contributed by atoms with Gasteiger partial charge in [0.1, 0.15) is 5.82 Å². The SMILES string of the molecule is COC(=O)C1=C(CN2CCN(c3ccc(F)cc3)CC2)NC(=O)NC1c1ccc(OC)c(OC)c1. The van der Waals surface area contributed by atoms with E-state index in [1.54, 1.807) is 30.3 Å². The number of esters is 1. The van der Waals surface area contributed by atoms with Crippen LogP contribution in [0.25, 0.3) is 0 Å². The summed E-state index contributed by atoms with van der Waals surface area (Å²) in [5, 5.41) is 5.63. The lowest BCUT2D eigenvalue weighted by molar-refractivity contribution is -0.136. The Kier molecular flexibility index (Phi) is 7.40. The van der Waals surface area contributed by atoms with Crippen LogP contribution in [0.3, 0.4) is 0 Å². The van der Waals surface area contributed by atoms with Gasteiger partial charge in [-0.1, -0.05) is 6.07 Å². The molecule has 10 heteroatoms. The zero-order valence-corrected chi connectivity index (χ0v) is 20.0. The maximum atomic E-state index is 13.3. The normalized spacial score (nSPS) is 18.6. The maximum Gasteiger partial charge on any atom is 0.338 e. The van der Waals surface area contributed by atoms with Crippen molar-refractivity contribution < 1.29 is 28.2 Å². The fourth-order valence-electron chi connectivity index (χ4n) is 4.42. The number of ether oxygens (including phenoxy) is 3. The number of carbonyl (C=O) groups excluding carboxylic acids is 2. The number of halogens is 1. The lowest BCUT2D eigenvalue weighted by Gasteiger charge is -2.38. The summed E-state index contributed by atoms with van der Waals surface area (Å²) in [7, 11) is 4.38. The molecule has 1 unspecified atom stereocenters. The van der Waals surface area contributed by atoms with Crippen LogP contribution in [0.4, 0.5) is 14.9 Å². The number of nitrogens with zero attached hydrogens (tertiary/aromatic N) is 2. The zero-order chi connectivity index (χ0) is 24.9. The highest BCUT2D eigenvalue weighted by atomic mass is 19.1. The first-order valence-electron chi connectivity index (χ1n) is 11.3. The number of urea groups is 1. The van der Waals surface area contributed by atoms with Crippen molar-refractivity contribution in [2.75, 3.05) is 59.0 Å². The molecule has 0 aromatic heterocycles. The Morgan fingerprint density at radius 1 is 1.00 bits per heavy atom. The van der Waals surface area contributed by atoms with E-state index in [1.165, 1.54) is 33.5 Å². The summed E-state index contributed by atoms with van der Waals surface area (Å²) in [5.41, 5.74) is 2.46. The molecule has 9 nitrogen and oxygen atoms in total. The summed E-state index contributed by atoms with van der Waals surface area (Å²) in [6.45, 7) is 3.26. The molecule has 2 aromatic rings. The number of nitrogens with one attached hydrogen (secondary N) is 2. The molecule has 2 aromatic carbocycles. The van der Waals surface area contributed by atoms with Crippen LogP contribution in [0.2, 0.25) is 0 Å². The van der Waals surface area contributed by atoms with Gasteiger partial charge in [-0.05, 0) is 42.0 Å². The summed E-state index contributed by atoms with van der Waals surface area (Å²) in [6.07, 6.45) is 0. The molecule has 0 aliphatic carbocycles. The molecule has 1 saturated heterocycles. The highest BCUT2D eigenvalue weighted by Crippen LogP contribution is 2.34. The Balaban J connectivity index is 1.57. The van der Waals surface area contributed by atoms with Crippen LogP contribution in [-0.4, -0.2) is 71.0 Å². The second-order valence-electron chi connectivity index (χ2n) is 8.27. The highest BCUT2D eigenvalue weighted by molar-refractivity contribution is 5.95.